The average Bonchev–Trinajstić information content (AvgIpc) is 3.18. The molecule has 6 nitrogen and oxygen atoms in total. The number of hydrogen-bond donors (Lipinski definition) is 0. The van der Waals surface area contributed by atoms with Crippen LogP contribution in [0.15, 0.2) is 18.3 Å². The minimum Gasteiger partial charge on any atom is -0.354 e. The predicted molar refractivity (Wildman–Crippen MR) is 83.9 cm³/mol. The molecule has 1 aromatic heterocycles. The Morgan fingerprint density at radius 3 is 2.50 bits per heavy atom. The molecule has 0 amide bonds. The van der Waals surface area contributed by atoms with Gasteiger partial charge in [-0.05, 0) is 37.2 Å². The second-order valence-electron chi connectivity index (χ2n) is 6.90. The Morgan fingerprint density at radius 1 is 1.14 bits per heavy atom. The lowest BCUT2D eigenvalue weighted by molar-refractivity contribution is -0.385. The Balaban J connectivity index is 1.36. The zero-order chi connectivity index (χ0) is 15.1. The fraction of sp³-hybridized carbons (Fsp3) is 0.688. The van der Waals surface area contributed by atoms with E-state index < -0.39 is 4.92 Å². The molecule has 1 saturated heterocycles. The number of piperazine rings is 1. The zero-order valence-corrected chi connectivity index (χ0v) is 12.7. The molecule has 2 saturated carbocycles. The van der Waals surface area contributed by atoms with Gasteiger partial charge in [0.15, 0.2) is 0 Å². The topological polar surface area (TPSA) is 62.5 Å². The second kappa shape index (κ2) is 5.50. The van der Waals surface area contributed by atoms with E-state index in [1.165, 1.54) is 31.9 Å². The van der Waals surface area contributed by atoms with E-state index in [-0.39, 0.29) is 5.69 Å². The first-order chi connectivity index (χ1) is 10.7. The van der Waals surface area contributed by atoms with Crippen LogP contribution in [-0.4, -0.2) is 47.0 Å². The van der Waals surface area contributed by atoms with Gasteiger partial charge in [-0.25, -0.2) is 4.98 Å². The molecule has 3 atom stereocenters. The SMILES string of the molecule is O=[N+]([O-])c1ccc(N2CCN(C3CC4CCC3C4)CC2)nc1. The third-order valence-corrected chi connectivity index (χ3v) is 5.75. The normalized spacial score (nSPS) is 31.6. The van der Waals surface area contributed by atoms with Crippen LogP contribution in [-0.2, 0) is 0 Å². The van der Waals surface area contributed by atoms with Gasteiger partial charge in [-0.2, -0.15) is 0 Å². The molecular formula is C16H22N4O2. The average molecular weight is 302 g/mol. The number of fused-ring (bicyclic) bond motifs is 2. The summed E-state index contributed by atoms with van der Waals surface area (Å²) in [7, 11) is 0. The highest BCUT2D eigenvalue weighted by atomic mass is 16.6. The maximum atomic E-state index is 10.7. The van der Waals surface area contributed by atoms with Crippen LogP contribution in [0.1, 0.15) is 25.7 Å². The fourth-order valence-corrected chi connectivity index (χ4v) is 4.61. The van der Waals surface area contributed by atoms with Crippen LogP contribution < -0.4 is 4.90 Å². The molecule has 6 heteroatoms. The summed E-state index contributed by atoms with van der Waals surface area (Å²) in [5.41, 5.74) is 0.0596. The maximum absolute atomic E-state index is 10.7. The molecule has 0 radical (unpaired) electrons. The van der Waals surface area contributed by atoms with E-state index in [4.69, 9.17) is 0 Å². The third-order valence-electron chi connectivity index (χ3n) is 5.75. The number of hydrogen-bond acceptors (Lipinski definition) is 5. The van der Waals surface area contributed by atoms with Gasteiger partial charge in [-0.15, -0.1) is 0 Å². The molecule has 2 aliphatic carbocycles. The molecule has 118 valence electrons. The first kappa shape index (κ1) is 13.9. The molecular weight excluding hydrogens is 280 g/mol. The Hall–Kier alpha value is -1.69. The van der Waals surface area contributed by atoms with Gasteiger partial charge < -0.3 is 4.90 Å². The van der Waals surface area contributed by atoms with Gasteiger partial charge in [-0.3, -0.25) is 15.0 Å². The van der Waals surface area contributed by atoms with Crippen LogP contribution in [0.4, 0.5) is 11.5 Å². The highest BCUT2D eigenvalue weighted by Gasteiger charge is 2.42. The van der Waals surface area contributed by atoms with E-state index in [1.54, 1.807) is 12.1 Å². The van der Waals surface area contributed by atoms with E-state index in [9.17, 15) is 10.1 Å². The number of anilines is 1. The standard InChI is InChI=1S/C16H22N4O2/c21-20(22)14-3-4-16(17-11-14)19-7-5-18(6-8-19)15-10-12-1-2-13(15)9-12/h3-4,11-13,15H,1-2,5-10H2. The van der Waals surface area contributed by atoms with Gasteiger partial charge in [0.05, 0.1) is 4.92 Å². The molecule has 22 heavy (non-hydrogen) atoms. The lowest BCUT2D eigenvalue weighted by Crippen LogP contribution is -2.52. The van der Waals surface area contributed by atoms with Crippen molar-refractivity contribution < 1.29 is 4.92 Å². The van der Waals surface area contributed by atoms with Crippen molar-refractivity contribution in [1.82, 2.24) is 9.88 Å². The lowest BCUT2D eigenvalue weighted by atomic mass is 9.93. The quantitative estimate of drug-likeness (QED) is 0.633. The molecule has 3 fully saturated rings. The molecule has 2 bridgehead atoms. The number of pyridine rings is 1. The van der Waals surface area contributed by atoms with Gasteiger partial charge in [0, 0.05) is 38.3 Å². The summed E-state index contributed by atoms with van der Waals surface area (Å²) < 4.78 is 0. The molecule has 1 aliphatic heterocycles. The summed E-state index contributed by atoms with van der Waals surface area (Å²) in [6.45, 7) is 4.12. The van der Waals surface area contributed by atoms with Crippen molar-refractivity contribution in [2.24, 2.45) is 11.8 Å². The molecule has 3 unspecified atom stereocenters. The van der Waals surface area contributed by atoms with Crippen molar-refractivity contribution in [3.05, 3.63) is 28.4 Å². The van der Waals surface area contributed by atoms with Crippen LogP contribution in [0, 0.1) is 22.0 Å². The van der Waals surface area contributed by atoms with Crippen LogP contribution >= 0.6 is 0 Å². The van der Waals surface area contributed by atoms with Gasteiger partial charge in [-0.1, -0.05) is 6.42 Å². The molecule has 2 heterocycles. The minimum atomic E-state index is -0.399. The van der Waals surface area contributed by atoms with Gasteiger partial charge in [0.2, 0.25) is 0 Å². The number of nitro groups is 1. The molecule has 0 aromatic carbocycles. The summed E-state index contributed by atoms with van der Waals surface area (Å²) >= 11 is 0. The summed E-state index contributed by atoms with van der Waals surface area (Å²) in [5.74, 6) is 2.79. The summed E-state index contributed by atoms with van der Waals surface area (Å²) in [4.78, 5) is 19.5. The highest BCUT2D eigenvalue weighted by molar-refractivity contribution is 5.43. The molecule has 0 spiro atoms. The smallest absolute Gasteiger partial charge is 0.287 e. The minimum absolute atomic E-state index is 0.0596. The summed E-state index contributed by atoms with van der Waals surface area (Å²) in [6.07, 6.45) is 7.10. The highest BCUT2D eigenvalue weighted by Crippen LogP contribution is 2.46. The van der Waals surface area contributed by atoms with E-state index in [2.05, 4.69) is 14.8 Å². The van der Waals surface area contributed by atoms with E-state index >= 15 is 0 Å². The molecule has 4 rings (SSSR count). The number of rotatable bonds is 3. The van der Waals surface area contributed by atoms with Gasteiger partial charge in [0.25, 0.3) is 5.69 Å². The second-order valence-corrected chi connectivity index (χ2v) is 6.90. The van der Waals surface area contributed by atoms with Crippen molar-refractivity contribution in [2.45, 2.75) is 31.7 Å². The van der Waals surface area contributed by atoms with E-state index in [0.29, 0.717) is 0 Å². The Morgan fingerprint density at radius 2 is 1.95 bits per heavy atom. The summed E-state index contributed by atoms with van der Waals surface area (Å²) in [5, 5.41) is 10.7. The molecule has 3 aliphatic rings. The van der Waals surface area contributed by atoms with Crippen molar-refractivity contribution in [2.75, 3.05) is 31.1 Å². The van der Waals surface area contributed by atoms with Crippen molar-refractivity contribution >= 4 is 11.5 Å². The number of nitrogens with zero attached hydrogens (tertiary/aromatic N) is 4. The van der Waals surface area contributed by atoms with E-state index in [0.717, 1.165) is 49.9 Å². The van der Waals surface area contributed by atoms with Crippen molar-refractivity contribution in [3.63, 3.8) is 0 Å². The molecule has 1 aromatic rings. The zero-order valence-electron chi connectivity index (χ0n) is 12.7. The Labute approximate surface area is 130 Å². The third kappa shape index (κ3) is 2.45. The molecule has 0 N–H and O–H groups in total. The van der Waals surface area contributed by atoms with Gasteiger partial charge in [0.1, 0.15) is 12.0 Å². The summed E-state index contributed by atoms with van der Waals surface area (Å²) in [6, 6.07) is 4.13. The lowest BCUT2D eigenvalue weighted by Gasteiger charge is -2.41. The van der Waals surface area contributed by atoms with Crippen molar-refractivity contribution in [1.29, 1.82) is 0 Å². The first-order valence-corrected chi connectivity index (χ1v) is 8.30. The monoisotopic (exact) mass is 302 g/mol. The maximum Gasteiger partial charge on any atom is 0.287 e. The van der Waals surface area contributed by atoms with Crippen LogP contribution in [0.25, 0.3) is 0 Å². The number of aromatic nitrogens is 1. The Kier molecular flexibility index (Phi) is 3.48. The van der Waals surface area contributed by atoms with Crippen LogP contribution in [0.2, 0.25) is 0 Å². The van der Waals surface area contributed by atoms with Crippen molar-refractivity contribution in [3.8, 4) is 0 Å². The van der Waals surface area contributed by atoms with Gasteiger partial charge >= 0.3 is 0 Å². The van der Waals surface area contributed by atoms with Crippen LogP contribution in [0.5, 0.6) is 0 Å². The predicted octanol–water partition coefficient (Wildman–Crippen LogP) is 2.30. The first-order valence-electron chi connectivity index (χ1n) is 8.30. The largest absolute Gasteiger partial charge is 0.354 e. The van der Waals surface area contributed by atoms with E-state index in [1.807, 2.05) is 0 Å². The Bertz CT molecular complexity index is 554. The van der Waals surface area contributed by atoms with Crippen LogP contribution in [0.3, 0.4) is 0 Å². The fourth-order valence-electron chi connectivity index (χ4n) is 4.61.